The highest BCUT2D eigenvalue weighted by Gasteiger charge is 2.51. The molecule has 0 bridgehead atoms. The van der Waals surface area contributed by atoms with Crippen LogP contribution < -0.4 is 0 Å². The molecule has 0 aromatic heterocycles. The lowest BCUT2D eigenvalue weighted by Gasteiger charge is -2.41. The Morgan fingerprint density at radius 1 is 1.23 bits per heavy atom. The van der Waals surface area contributed by atoms with Crippen molar-refractivity contribution in [3.63, 3.8) is 0 Å². The van der Waals surface area contributed by atoms with Crippen LogP contribution in [-0.2, 0) is 4.74 Å². The predicted molar refractivity (Wildman–Crippen MR) is 40.8 cm³/mol. The molecule has 1 aliphatic rings. The highest BCUT2D eigenvalue weighted by atomic mass is 35.5. The van der Waals surface area contributed by atoms with Crippen LogP contribution in [0.4, 0.5) is 0 Å². The summed E-state index contributed by atoms with van der Waals surface area (Å²) in [6.07, 6.45) is -6.19. The molecule has 0 aliphatic carbocycles. The van der Waals surface area contributed by atoms with Crippen molar-refractivity contribution in [1.29, 1.82) is 0 Å². The second-order valence-corrected chi connectivity index (χ2v) is 3.42. The van der Waals surface area contributed by atoms with Gasteiger partial charge in [0, 0.05) is 0 Å². The molecule has 0 radical (unpaired) electrons. The maximum absolute atomic E-state index is 9.18. The summed E-state index contributed by atoms with van der Waals surface area (Å²) in [5.74, 6) is 0. The molecule has 0 aromatic rings. The number of aliphatic hydroxyl groups excluding tert-OH is 4. The minimum Gasteiger partial charge on any atom is -0.394 e. The van der Waals surface area contributed by atoms with Gasteiger partial charge in [0.2, 0.25) is 0 Å². The fourth-order valence-electron chi connectivity index (χ4n) is 1.11. The number of hydrogen-bond donors (Lipinski definition) is 5. The molecule has 78 valence electrons. The van der Waals surface area contributed by atoms with Gasteiger partial charge in [0.1, 0.15) is 18.3 Å². The first-order valence-corrected chi connectivity index (χ1v) is 4.02. The minimum atomic E-state index is -2.48. The quantitative estimate of drug-likeness (QED) is 0.305. The molecular formula is C6H11ClO6. The summed E-state index contributed by atoms with van der Waals surface area (Å²) in [5.41, 5.74) is 0. The first-order chi connectivity index (χ1) is 5.90. The largest absolute Gasteiger partial charge is 0.394 e. The van der Waals surface area contributed by atoms with Crippen LogP contribution >= 0.6 is 11.6 Å². The number of ether oxygens (including phenoxy) is 1. The Kier molecular flexibility index (Phi) is 3.13. The van der Waals surface area contributed by atoms with Gasteiger partial charge in [-0.25, -0.2) is 0 Å². The lowest BCUT2D eigenvalue weighted by atomic mass is 9.99. The second kappa shape index (κ2) is 3.66. The molecule has 1 saturated heterocycles. The molecule has 0 unspecified atom stereocenters. The van der Waals surface area contributed by atoms with Gasteiger partial charge < -0.3 is 30.3 Å². The minimum absolute atomic E-state index is 0.625. The van der Waals surface area contributed by atoms with Crippen LogP contribution in [0.1, 0.15) is 0 Å². The van der Waals surface area contributed by atoms with Gasteiger partial charge in [0.25, 0.3) is 5.25 Å². The Morgan fingerprint density at radius 2 is 1.77 bits per heavy atom. The van der Waals surface area contributed by atoms with Crippen LogP contribution in [0.25, 0.3) is 0 Å². The normalized spacial score (nSPS) is 52.2. The van der Waals surface area contributed by atoms with E-state index in [9.17, 15) is 5.11 Å². The van der Waals surface area contributed by atoms with E-state index in [1.165, 1.54) is 0 Å². The molecule has 0 saturated carbocycles. The SMILES string of the molecule is OC[C@H]1O[C@](O)(Cl)[C@H](O)[C@@H](O)[C@H]1O. The van der Waals surface area contributed by atoms with E-state index in [4.69, 9.17) is 32.0 Å². The lowest BCUT2D eigenvalue weighted by Crippen LogP contribution is -2.62. The molecule has 13 heavy (non-hydrogen) atoms. The van der Waals surface area contributed by atoms with Gasteiger partial charge in [-0.15, -0.1) is 0 Å². The zero-order valence-electron chi connectivity index (χ0n) is 6.54. The smallest absolute Gasteiger partial charge is 0.276 e. The van der Waals surface area contributed by atoms with E-state index >= 15 is 0 Å². The summed E-state index contributed by atoms with van der Waals surface area (Å²) in [5, 5.41) is 42.7. The fourth-order valence-corrected chi connectivity index (χ4v) is 1.36. The van der Waals surface area contributed by atoms with Gasteiger partial charge in [0.05, 0.1) is 6.61 Å². The van der Waals surface area contributed by atoms with Crippen molar-refractivity contribution in [1.82, 2.24) is 0 Å². The highest BCUT2D eigenvalue weighted by Crippen LogP contribution is 2.30. The van der Waals surface area contributed by atoms with Crippen LogP contribution in [0, 0.1) is 0 Å². The van der Waals surface area contributed by atoms with Crippen LogP contribution in [0.3, 0.4) is 0 Å². The van der Waals surface area contributed by atoms with Gasteiger partial charge >= 0.3 is 0 Å². The zero-order valence-corrected chi connectivity index (χ0v) is 7.29. The Balaban J connectivity index is 2.79. The third-order valence-electron chi connectivity index (χ3n) is 1.92. The van der Waals surface area contributed by atoms with Crippen molar-refractivity contribution in [2.24, 2.45) is 0 Å². The molecule has 0 aromatic carbocycles. The van der Waals surface area contributed by atoms with Crippen molar-refractivity contribution in [2.45, 2.75) is 29.7 Å². The average Bonchev–Trinajstić information content (AvgIpc) is 2.08. The van der Waals surface area contributed by atoms with Crippen LogP contribution in [0.15, 0.2) is 0 Å². The van der Waals surface area contributed by atoms with Crippen molar-refractivity contribution in [3.8, 4) is 0 Å². The first kappa shape index (κ1) is 11.1. The van der Waals surface area contributed by atoms with E-state index in [0.29, 0.717) is 0 Å². The maximum atomic E-state index is 9.18. The first-order valence-electron chi connectivity index (χ1n) is 3.64. The van der Waals surface area contributed by atoms with E-state index in [-0.39, 0.29) is 0 Å². The summed E-state index contributed by atoms with van der Waals surface area (Å²) in [4.78, 5) is 0. The van der Waals surface area contributed by atoms with Crippen molar-refractivity contribution in [3.05, 3.63) is 0 Å². The molecule has 7 heteroatoms. The Hall–Kier alpha value is 0.0500. The highest BCUT2D eigenvalue weighted by molar-refractivity contribution is 6.22. The van der Waals surface area contributed by atoms with E-state index in [1.54, 1.807) is 0 Å². The van der Waals surface area contributed by atoms with Crippen LogP contribution in [0.2, 0.25) is 0 Å². The van der Waals surface area contributed by atoms with Crippen molar-refractivity contribution >= 4 is 11.6 Å². The molecule has 1 fully saturated rings. The molecule has 0 amide bonds. The number of aliphatic hydroxyl groups is 5. The third-order valence-corrected chi connectivity index (χ3v) is 2.23. The summed E-state index contributed by atoms with van der Waals surface area (Å²) in [7, 11) is 0. The van der Waals surface area contributed by atoms with Crippen LogP contribution in [-0.4, -0.2) is 61.8 Å². The molecule has 5 atom stereocenters. The molecule has 1 heterocycles. The number of hydrogen-bond acceptors (Lipinski definition) is 6. The average molecular weight is 215 g/mol. The fraction of sp³-hybridized carbons (Fsp3) is 1.00. The van der Waals surface area contributed by atoms with Gasteiger partial charge in [0.15, 0.2) is 6.10 Å². The number of rotatable bonds is 1. The van der Waals surface area contributed by atoms with Crippen LogP contribution in [0.5, 0.6) is 0 Å². The standard InChI is InChI=1S/C6H11ClO6/c7-6(12)5(11)4(10)3(9)2(1-8)13-6/h2-5,8-12H,1H2/t2-,3+,4+,5-,6+/m1/s1. The molecule has 5 N–H and O–H groups in total. The topological polar surface area (TPSA) is 110 Å². The molecule has 6 nitrogen and oxygen atoms in total. The Morgan fingerprint density at radius 3 is 2.23 bits per heavy atom. The van der Waals surface area contributed by atoms with E-state index < -0.39 is 36.3 Å². The van der Waals surface area contributed by atoms with E-state index in [2.05, 4.69) is 4.74 Å². The molecule has 1 rings (SSSR count). The van der Waals surface area contributed by atoms with Gasteiger partial charge in [-0.05, 0) is 0 Å². The predicted octanol–water partition coefficient (Wildman–Crippen LogP) is -2.65. The molecule has 1 aliphatic heterocycles. The maximum Gasteiger partial charge on any atom is 0.276 e. The third kappa shape index (κ3) is 1.94. The summed E-state index contributed by atoms with van der Waals surface area (Å²) in [6, 6.07) is 0. The zero-order chi connectivity index (χ0) is 10.2. The summed E-state index contributed by atoms with van der Waals surface area (Å²) in [6.45, 7) is -0.625. The second-order valence-electron chi connectivity index (χ2n) is 2.87. The van der Waals surface area contributed by atoms with Crippen molar-refractivity contribution < 1.29 is 30.3 Å². The lowest BCUT2D eigenvalue weighted by molar-refractivity contribution is -0.309. The molecule has 0 spiro atoms. The summed E-state index contributed by atoms with van der Waals surface area (Å²) < 4.78 is 4.53. The van der Waals surface area contributed by atoms with E-state index in [0.717, 1.165) is 0 Å². The number of alkyl halides is 1. The van der Waals surface area contributed by atoms with Gasteiger partial charge in [-0.1, -0.05) is 11.6 Å². The molecular weight excluding hydrogens is 204 g/mol. The Bertz CT molecular complexity index is 184. The summed E-state index contributed by atoms with van der Waals surface area (Å²) >= 11 is 5.26. The van der Waals surface area contributed by atoms with E-state index in [1.807, 2.05) is 0 Å². The Labute approximate surface area is 78.9 Å². The van der Waals surface area contributed by atoms with Crippen molar-refractivity contribution in [2.75, 3.05) is 6.61 Å². The van der Waals surface area contributed by atoms with Gasteiger partial charge in [-0.3, -0.25) is 0 Å². The van der Waals surface area contributed by atoms with Gasteiger partial charge in [-0.2, -0.15) is 0 Å². The number of halogens is 1. The monoisotopic (exact) mass is 214 g/mol.